The van der Waals surface area contributed by atoms with Crippen LogP contribution >= 0.6 is 0 Å². The number of carbonyl (C=O) groups excluding carboxylic acids is 2. The minimum absolute atomic E-state index is 0.0341. The number of carbonyl (C=O) groups is 2. The number of ether oxygens (including phenoxy) is 1. The van der Waals surface area contributed by atoms with Crippen LogP contribution in [0.3, 0.4) is 0 Å². The molecule has 1 N–H and O–H groups in total. The van der Waals surface area contributed by atoms with Crippen LogP contribution < -0.4 is 15.0 Å². The van der Waals surface area contributed by atoms with E-state index < -0.39 is 17.6 Å². The van der Waals surface area contributed by atoms with Crippen LogP contribution in [0.5, 0.6) is 5.75 Å². The number of alkyl halides is 3. The number of methoxy groups -OCH3 is 1. The Morgan fingerprint density at radius 1 is 0.914 bits per heavy atom. The van der Waals surface area contributed by atoms with Gasteiger partial charge in [0.05, 0.1) is 19.3 Å². The van der Waals surface area contributed by atoms with Crippen molar-refractivity contribution in [2.75, 3.05) is 32.8 Å². The minimum Gasteiger partial charge on any atom is -0.496 e. The highest BCUT2D eigenvalue weighted by Gasteiger charge is 2.35. The number of nitrogens with zero attached hydrogens (tertiary/aromatic N) is 2. The lowest BCUT2D eigenvalue weighted by Crippen LogP contribution is -2.38. The molecule has 184 valence electrons. The van der Waals surface area contributed by atoms with Gasteiger partial charge in [0.2, 0.25) is 0 Å². The largest absolute Gasteiger partial charge is 0.496 e. The van der Waals surface area contributed by atoms with Gasteiger partial charge in [0.25, 0.3) is 11.8 Å². The summed E-state index contributed by atoms with van der Waals surface area (Å²) >= 11 is 0. The fraction of sp³-hybridized carbons (Fsp3) is 0.231. The number of hydrogen-bond donors (Lipinski definition) is 1. The Bertz CT molecular complexity index is 1180. The molecule has 0 aliphatic heterocycles. The van der Waals surface area contributed by atoms with Gasteiger partial charge < -0.3 is 10.1 Å². The molecule has 0 aromatic heterocycles. The van der Waals surface area contributed by atoms with Crippen LogP contribution in [0.2, 0.25) is 0 Å². The van der Waals surface area contributed by atoms with Gasteiger partial charge in [-0.1, -0.05) is 30.3 Å². The first kappa shape index (κ1) is 25.8. The molecule has 3 aromatic rings. The summed E-state index contributed by atoms with van der Waals surface area (Å²) in [4.78, 5) is 29.3. The van der Waals surface area contributed by atoms with Crippen molar-refractivity contribution in [2.45, 2.75) is 12.7 Å². The van der Waals surface area contributed by atoms with Crippen molar-refractivity contribution in [2.24, 2.45) is 0 Å². The molecule has 3 rings (SSSR count). The Labute approximate surface area is 201 Å². The normalized spacial score (nSPS) is 11.3. The molecule has 0 aliphatic rings. The molecular formula is C26H26F3N3O3. The van der Waals surface area contributed by atoms with E-state index in [2.05, 4.69) is 5.32 Å². The molecule has 6 nitrogen and oxygen atoms in total. The van der Waals surface area contributed by atoms with Gasteiger partial charge in [0, 0.05) is 23.4 Å². The highest BCUT2D eigenvalue weighted by atomic mass is 19.4. The molecule has 35 heavy (non-hydrogen) atoms. The zero-order valence-corrected chi connectivity index (χ0v) is 19.6. The van der Waals surface area contributed by atoms with Crippen LogP contribution in [-0.4, -0.2) is 44.6 Å². The minimum atomic E-state index is -4.66. The molecule has 0 radical (unpaired) electrons. The van der Waals surface area contributed by atoms with Crippen molar-refractivity contribution in [3.63, 3.8) is 0 Å². The molecule has 0 fully saturated rings. The lowest BCUT2D eigenvalue weighted by molar-refractivity contribution is -0.138. The summed E-state index contributed by atoms with van der Waals surface area (Å²) in [7, 11) is 4.85. The molecule has 9 heteroatoms. The summed E-state index contributed by atoms with van der Waals surface area (Å²) in [5.74, 6) is -1.25. The number of para-hydroxylation sites is 1. The standard InChI is InChI=1S/C26H26F3N3O3/c1-31(2)17-32(21-10-5-4-6-11-21)25(34)20-9-7-8-18(14-20)16-30-24(33)19-12-13-23(35-3)22(15-19)26(27,28)29/h4-15H,16-17H2,1-3H3,(H,30,33). The average Bonchev–Trinajstić information content (AvgIpc) is 2.85. The molecule has 0 unspecified atom stereocenters. The number of rotatable bonds is 8. The predicted molar refractivity (Wildman–Crippen MR) is 127 cm³/mol. The summed E-state index contributed by atoms with van der Waals surface area (Å²) in [6.45, 7) is 0.398. The number of nitrogens with one attached hydrogen (secondary N) is 1. The van der Waals surface area contributed by atoms with E-state index in [9.17, 15) is 22.8 Å². The first-order valence-corrected chi connectivity index (χ1v) is 10.7. The molecule has 0 atom stereocenters. The fourth-order valence-corrected chi connectivity index (χ4v) is 3.48. The van der Waals surface area contributed by atoms with Gasteiger partial charge in [-0.2, -0.15) is 13.2 Å². The summed E-state index contributed by atoms with van der Waals surface area (Å²) < 4.78 is 44.6. The van der Waals surface area contributed by atoms with E-state index in [-0.39, 0.29) is 23.8 Å². The summed E-state index contributed by atoms with van der Waals surface area (Å²) in [5, 5.41) is 2.61. The maximum atomic E-state index is 13.3. The van der Waals surface area contributed by atoms with Crippen LogP contribution in [0.25, 0.3) is 0 Å². The van der Waals surface area contributed by atoms with Crippen LogP contribution in [0, 0.1) is 0 Å². The second-order valence-electron chi connectivity index (χ2n) is 8.09. The molecule has 2 amide bonds. The van der Waals surface area contributed by atoms with Gasteiger partial charge in [-0.25, -0.2) is 0 Å². The van der Waals surface area contributed by atoms with Gasteiger partial charge in [-0.15, -0.1) is 0 Å². The molecule has 0 saturated carbocycles. The van der Waals surface area contributed by atoms with Gasteiger partial charge in [-0.3, -0.25) is 19.4 Å². The third-order valence-corrected chi connectivity index (χ3v) is 5.13. The third-order valence-electron chi connectivity index (χ3n) is 5.13. The topological polar surface area (TPSA) is 61.9 Å². The lowest BCUT2D eigenvalue weighted by Gasteiger charge is -2.26. The van der Waals surface area contributed by atoms with E-state index >= 15 is 0 Å². The quantitative estimate of drug-likeness (QED) is 0.465. The van der Waals surface area contributed by atoms with Gasteiger partial charge in [0.1, 0.15) is 5.75 Å². The Morgan fingerprint density at radius 2 is 1.63 bits per heavy atom. The van der Waals surface area contributed by atoms with Crippen molar-refractivity contribution in [1.82, 2.24) is 10.2 Å². The number of halogens is 3. The first-order valence-electron chi connectivity index (χ1n) is 10.7. The SMILES string of the molecule is COc1ccc(C(=O)NCc2cccc(C(=O)N(CN(C)C)c3ccccc3)c2)cc1C(F)(F)F. The van der Waals surface area contributed by atoms with Crippen molar-refractivity contribution in [3.05, 3.63) is 95.1 Å². The van der Waals surface area contributed by atoms with E-state index in [1.54, 1.807) is 29.2 Å². The van der Waals surface area contributed by atoms with E-state index in [0.29, 0.717) is 17.8 Å². The zero-order chi connectivity index (χ0) is 25.6. The number of amides is 2. The van der Waals surface area contributed by atoms with Gasteiger partial charge >= 0.3 is 6.18 Å². The van der Waals surface area contributed by atoms with E-state index in [1.807, 2.05) is 49.3 Å². The highest BCUT2D eigenvalue weighted by Crippen LogP contribution is 2.36. The van der Waals surface area contributed by atoms with Gasteiger partial charge in [0.15, 0.2) is 0 Å². The third kappa shape index (κ3) is 6.60. The maximum Gasteiger partial charge on any atom is 0.419 e. The van der Waals surface area contributed by atoms with E-state index in [0.717, 1.165) is 24.9 Å². The monoisotopic (exact) mass is 485 g/mol. The molecule has 0 bridgehead atoms. The van der Waals surface area contributed by atoms with Crippen molar-refractivity contribution in [3.8, 4) is 5.75 Å². The van der Waals surface area contributed by atoms with Crippen molar-refractivity contribution >= 4 is 17.5 Å². The second-order valence-corrected chi connectivity index (χ2v) is 8.09. The number of benzene rings is 3. The highest BCUT2D eigenvalue weighted by molar-refractivity contribution is 6.06. The Kier molecular flexibility index (Phi) is 8.14. The maximum absolute atomic E-state index is 13.3. The average molecular weight is 486 g/mol. The Hall–Kier alpha value is -3.85. The first-order chi connectivity index (χ1) is 16.6. The zero-order valence-electron chi connectivity index (χ0n) is 19.6. The number of hydrogen-bond acceptors (Lipinski definition) is 4. The van der Waals surface area contributed by atoms with Crippen molar-refractivity contribution in [1.29, 1.82) is 0 Å². The molecular weight excluding hydrogens is 459 g/mol. The van der Waals surface area contributed by atoms with Crippen molar-refractivity contribution < 1.29 is 27.5 Å². The van der Waals surface area contributed by atoms with E-state index in [4.69, 9.17) is 4.74 Å². The summed E-state index contributed by atoms with van der Waals surface area (Å²) in [6.07, 6.45) is -4.66. The second kappa shape index (κ2) is 11.1. The summed E-state index contributed by atoms with van der Waals surface area (Å²) in [6, 6.07) is 19.1. The Balaban J connectivity index is 1.76. The van der Waals surface area contributed by atoms with Crippen LogP contribution in [0.15, 0.2) is 72.8 Å². The molecule has 0 heterocycles. The van der Waals surface area contributed by atoms with Crippen LogP contribution in [0.1, 0.15) is 31.8 Å². The van der Waals surface area contributed by atoms with Crippen LogP contribution in [-0.2, 0) is 12.7 Å². The van der Waals surface area contributed by atoms with Gasteiger partial charge in [-0.05, 0) is 62.1 Å². The Morgan fingerprint density at radius 3 is 2.26 bits per heavy atom. The predicted octanol–water partition coefficient (Wildman–Crippen LogP) is 4.81. The smallest absolute Gasteiger partial charge is 0.419 e. The molecule has 3 aromatic carbocycles. The van der Waals surface area contributed by atoms with Crippen LogP contribution in [0.4, 0.5) is 18.9 Å². The van der Waals surface area contributed by atoms with E-state index in [1.165, 1.54) is 6.07 Å². The number of anilines is 1. The fourth-order valence-electron chi connectivity index (χ4n) is 3.48. The summed E-state index contributed by atoms with van der Waals surface area (Å²) in [5.41, 5.74) is 0.622. The molecule has 0 aliphatic carbocycles. The lowest BCUT2D eigenvalue weighted by atomic mass is 10.1. The molecule has 0 spiro atoms. The molecule has 0 saturated heterocycles.